The van der Waals surface area contributed by atoms with Gasteiger partial charge in [0.1, 0.15) is 21.7 Å². The van der Waals surface area contributed by atoms with E-state index in [1.54, 1.807) is 23.8 Å². The number of aryl methyl sites for hydroxylation is 1. The predicted octanol–water partition coefficient (Wildman–Crippen LogP) is 4.59. The number of nitrogens with one attached hydrogen (secondary N) is 1. The quantitative estimate of drug-likeness (QED) is 0.317. The Morgan fingerprint density at radius 3 is 2.66 bits per heavy atom. The molecule has 0 aliphatic rings. The molecule has 7 nitrogen and oxygen atoms in total. The maximum absolute atomic E-state index is 13.1. The summed E-state index contributed by atoms with van der Waals surface area (Å²) in [6.45, 7) is 4.36. The summed E-state index contributed by atoms with van der Waals surface area (Å²) in [7, 11) is 1.55. The van der Waals surface area contributed by atoms with Crippen molar-refractivity contribution in [2.45, 2.75) is 25.5 Å². The fraction of sp³-hybridized carbons (Fsp3) is 0.217. The highest BCUT2D eigenvalue weighted by atomic mass is 32.2. The number of anilines is 1. The summed E-state index contributed by atoms with van der Waals surface area (Å²) in [5, 5.41) is 3.34. The van der Waals surface area contributed by atoms with Crippen LogP contribution in [0.15, 0.2) is 58.5 Å². The number of benzene rings is 2. The number of rotatable bonds is 7. The molecule has 0 atom stereocenters. The van der Waals surface area contributed by atoms with Crippen LogP contribution in [0.2, 0.25) is 0 Å². The number of hydrogen-bond acceptors (Lipinski definition) is 7. The fourth-order valence-electron chi connectivity index (χ4n) is 3.25. The van der Waals surface area contributed by atoms with E-state index in [1.165, 1.54) is 11.8 Å². The number of aromatic nitrogens is 3. The standard InChI is InChI=1S/C23H22N4O3S2/c1-4-27-22(29)21-20(19(26-32-21)15-11-9-14(2)10-12-15)25-23(27)31-13-18(28)24-16-7-5-6-8-17(16)30-3/h5-12H,4,13H2,1-3H3,(H,24,28). The van der Waals surface area contributed by atoms with Crippen LogP contribution >= 0.6 is 23.3 Å². The first-order valence-electron chi connectivity index (χ1n) is 10.0. The smallest absolute Gasteiger partial charge is 0.273 e. The van der Waals surface area contributed by atoms with Gasteiger partial charge < -0.3 is 10.1 Å². The Kier molecular flexibility index (Phi) is 6.57. The van der Waals surface area contributed by atoms with Crippen LogP contribution in [-0.2, 0) is 11.3 Å². The first kappa shape index (κ1) is 22.0. The van der Waals surface area contributed by atoms with Crippen molar-refractivity contribution in [1.82, 2.24) is 13.9 Å². The van der Waals surface area contributed by atoms with Crippen molar-refractivity contribution in [2.24, 2.45) is 0 Å². The molecule has 0 bridgehead atoms. The summed E-state index contributed by atoms with van der Waals surface area (Å²) >= 11 is 2.39. The molecule has 164 valence electrons. The van der Waals surface area contributed by atoms with Crippen molar-refractivity contribution in [3.63, 3.8) is 0 Å². The Balaban J connectivity index is 1.63. The third kappa shape index (κ3) is 4.39. The molecule has 1 amide bonds. The van der Waals surface area contributed by atoms with Crippen molar-refractivity contribution < 1.29 is 9.53 Å². The number of nitrogens with zero attached hydrogens (tertiary/aromatic N) is 3. The number of methoxy groups -OCH3 is 1. The summed E-state index contributed by atoms with van der Waals surface area (Å²) in [5.74, 6) is 0.481. The molecule has 2 aromatic heterocycles. The predicted molar refractivity (Wildman–Crippen MR) is 130 cm³/mol. The van der Waals surface area contributed by atoms with E-state index in [9.17, 15) is 9.59 Å². The molecule has 4 aromatic rings. The number of para-hydroxylation sites is 2. The van der Waals surface area contributed by atoms with Gasteiger partial charge in [-0.25, -0.2) is 4.98 Å². The zero-order chi connectivity index (χ0) is 22.7. The minimum absolute atomic E-state index is 0.105. The zero-order valence-corrected chi connectivity index (χ0v) is 19.5. The van der Waals surface area contributed by atoms with Gasteiger partial charge in [-0.05, 0) is 37.5 Å². The van der Waals surface area contributed by atoms with Gasteiger partial charge in [-0.15, -0.1) is 0 Å². The molecule has 0 radical (unpaired) electrons. The van der Waals surface area contributed by atoms with Gasteiger partial charge in [-0.3, -0.25) is 14.2 Å². The topological polar surface area (TPSA) is 86.1 Å². The minimum Gasteiger partial charge on any atom is -0.495 e. The molecular weight excluding hydrogens is 444 g/mol. The first-order chi connectivity index (χ1) is 15.5. The van der Waals surface area contributed by atoms with Crippen LogP contribution in [0.1, 0.15) is 12.5 Å². The number of ether oxygens (including phenoxy) is 1. The Morgan fingerprint density at radius 2 is 1.94 bits per heavy atom. The second kappa shape index (κ2) is 9.54. The largest absolute Gasteiger partial charge is 0.495 e. The van der Waals surface area contributed by atoms with Crippen LogP contribution in [0, 0.1) is 6.92 Å². The Labute approximate surface area is 193 Å². The lowest BCUT2D eigenvalue weighted by atomic mass is 10.1. The summed E-state index contributed by atoms with van der Waals surface area (Å²) in [5.41, 5.74) is 3.77. The number of fused-ring (bicyclic) bond motifs is 1. The first-order valence-corrected chi connectivity index (χ1v) is 11.8. The molecule has 2 heterocycles. The molecule has 2 aromatic carbocycles. The van der Waals surface area contributed by atoms with Crippen LogP contribution in [0.4, 0.5) is 5.69 Å². The van der Waals surface area contributed by atoms with E-state index < -0.39 is 0 Å². The Hall–Kier alpha value is -3.17. The van der Waals surface area contributed by atoms with E-state index in [0.29, 0.717) is 39.0 Å². The van der Waals surface area contributed by atoms with Crippen LogP contribution in [-0.4, -0.2) is 32.7 Å². The van der Waals surface area contributed by atoms with Crippen LogP contribution in [0.25, 0.3) is 21.5 Å². The summed E-state index contributed by atoms with van der Waals surface area (Å²) in [6, 6.07) is 15.2. The minimum atomic E-state index is -0.210. The van der Waals surface area contributed by atoms with Gasteiger partial charge in [-0.2, -0.15) is 4.37 Å². The Bertz CT molecular complexity index is 1330. The molecule has 0 saturated heterocycles. The number of carbonyl (C=O) groups excluding carboxylic acids is 1. The normalized spacial score (nSPS) is 11.0. The molecule has 0 spiro atoms. The van der Waals surface area contributed by atoms with Gasteiger partial charge in [0.2, 0.25) is 5.91 Å². The summed E-state index contributed by atoms with van der Waals surface area (Å²) in [4.78, 5) is 30.4. The SMILES string of the molecule is CCn1c(SCC(=O)Nc2ccccc2OC)nc2c(-c3ccc(C)cc3)nsc2c1=O. The van der Waals surface area contributed by atoms with E-state index in [2.05, 4.69) is 9.69 Å². The number of amides is 1. The van der Waals surface area contributed by atoms with E-state index in [4.69, 9.17) is 9.72 Å². The van der Waals surface area contributed by atoms with Crippen molar-refractivity contribution in [3.05, 3.63) is 64.4 Å². The van der Waals surface area contributed by atoms with Gasteiger partial charge in [0.05, 0.1) is 18.6 Å². The monoisotopic (exact) mass is 466 g/mol. The fourth-order valence-corrected chi connectivity index (χ4v) is 4.90. The van der Waals surface area contributed by atoms with Gasteiger partial charge in [-0.1, -0.05) is 53.7 Å². The van der Waals surface area contributed by atoms with E-state index >= 15 is 0 Å². The lowest BCUT2D eigenvalue weighted by Crippen LogP contribution is -2.23. The van der Waals surface area contributed by atoms with Gasteiger partial charge in [0.15, 0.2) is 5.16 Å². The summed E-state index contributed by atoms with van der Waals surface area (Å²) in [6.07, 6.45) is 0. The Morgan fingerprint density at radius 1 is 1.19 bits per heavy atom. The van der Waals surface area contributed by atoms with Crippen molar-refractivity contribution in [2.75, 3.05) is 18.2 Å². The average molecular weight is 467 g/mol. The van der Waals surface area contributed by atoms with Gasteiger partial charge in [0, 0.05) is 12.1 Å². The lowest BCUT2D eigenvalue weighted by Gasteiger charge is -2.11. The van der Waals surface area contributed by atoms with Gasteiger partial charge in [0.25, 0.3) is 5.56 Å². The van der Waals surface area contributed by atoms with Crippen molar-refractivity contribution >= 4 is 45.1 Å². The maximum atomic E-state index is 13.1. The number of carbonyl (C=O) groups is 1. The zero-order valence-electron chi connectivity index (χ0n) is 17.9. The third-order valence-electron chi connectivity index (χ3n) is 4.90. The lowest BCUT2D eigenvalue weighted by molar-refractivity contribution is -0.113. The van der Waals surface area contributed by atoms with E-state index in [1.807, 2.05) is 50.2 Å². The van der Waals surface area contributed by atoms with E-state index in [0.717, 1.165) is 22.7 Å². The highest BCUT2D eigenvalue weighted by molar-refractivity contribution is 7.99. The molecule has 0 unspecified atom stereocenters. The van der Waals surface area contributed by atoms with Crippen LogP contribution < -0.4 is 15.6 Å². The second-order valence-electron chi connectivity index (χ2n) is 7.06. The highest BCUT2D eigenvalue weighted by Gasteiger charge is 2.19. The molecule has 0 saturated carbocycles. The van der Waals surface area contributed by atoms with Crippen LogP contribution in [0.3, 0.4) is 0 Å². The molecular formula is C23H22N4O3S2. The van der Waals surface area contributed by atoms with Crippen molar-refractivity contribution in [3.8, 4) is 17.0 Å². The summed E-state index contributed by atoms with van der Waals surface area (Å²) < 4.78 is 11.9. The molecule has 9 heteroatoms. The van der Waals surface area contributed by atoms with Crippen molar-refractivity contribution in [1.29, 1.82) is 0 Å². The molecule has 0 fully saturated rings. The molecule has 32 heavy (non-hydrogen) atoms. The molecule has 0 aliphatic carbocycles. The third-order valence-corrected chi connectivity index (χ3v) is 6.70. The van der Waals surface area contributed by atoms with Crippen LogP contribution in [0.5, 0.6) is 5.75 Å². The second-order valence-corrected chi connectivity index (χ2v) is 8.77. The van der Waals surface area contributed by atoms with E-state index in [-0.39, 0.29) is 17.2 Å². The molecule has 1 N–H and O–H groups in total. The van der Waals surface area contributed by atoms with Gasteiger partial charge >= 0.3 is 0 Å². The number of thioether (sulfide) groups is 1. The molecule has 0 aliphatic heterocycles. The average Bonchev–Trinajstić information content (AvgIpc) is 3.23. The number of hydrogen-bond donors (Lipinski definition) is 1. The highest BCUT2D eigenvalue weighted by Crippen LogP contribution is 2.30. The molecule has 4 rings (SSSR count). The maximum Gasteiger partial charge on any atom is 0.273 e.